The molecule has 0 saturated carbocycles. The van der Waals surface area contributed by atoms with Crippen LogP contribution < -0.4 is 4.46 Å². The van der Waals surface area contributed by atoms with Gasteiger partial charge in [-0.05, 0) is 0 Å². The maximum atomic E-state index is 10.9. The van der Waals surface area contributed by atoms with Crippen molar-refractivity contribution in [1.82, 2.24) is 4.90 Å². The summed E-state index contributed by atoms with van der Waals surface area (Å²) in [5.41, 5.74) is 2.20. The Hall–Kier alpha value is -1.21. The molecule has 2 rings (SSSR count). The summed E-state index contributed by atoms with van der Waals surface area (Å²) in [6.45, 7) is 4.20. The first-order chi connectivity index (χ1) is 11.3. The summed E-state index contributed by atoms with van der Waals surface area (Å²) in [5, 5.41) is 0. The molecule has 0 bridgehead atoms. The minimum absolute atomic E-state index is 0.0586. The van der Waals surface area contributed by atoms with Crippen LogP contribution in [-0.2, 0) is 13.7 Å². The van der Waals surface area contributed by atoms with Crippen LogP contribution in [0, 0.1) is 0 Å². The molecule has 5 nitrogen and oxygen atoms in total. The van der Waals surface area contributed by atoms with E-state index >= 15 is 0 Å². The van der Waals surface area contributed by atoms with Crippen LogP contribution in [0.1, 0.15) is 37.1 Å². The van der Waals surface area contributed by atoms with E-state index in [1.54, 1.807) is 0 Å². The van der Waals surface area contributed by atoms with Crippen LogP contribution in [0.25, 0.3) is 0 Å². The van der Waals surface area contributed by atoms with Gasteiger partial charge in [-0.1, -0.05) is 0 Å². The summed E-state index contributed by atoms with van der Waals surface area (Å²) >= 11 is -0.810. The van der Waals surface area contributed by atoms with Crippen molar-refractivity contribution in [3.63, 3.8) is 0 Å². The van der Waals surface area contributed by atoms with E-state index in [4.69, 9.17) is 4.55 Å². The molecular weight excluding hydrogens is 393 g/mol. The summed E-state index contributed by atoms with van der Waals surface area (Å²) in [5.74, 6) is 0. The molecule has 130 valence electrons. The second kappa shape index (κ2) is 8.25. The van der Waals surface area contributed by atoms with Gasteiger partial charge < -0.3 is 0 Å². The van der Waals surface area contributed by atoms with Crippen LogP contribution in [0.5, 0.6) is 0 Å². The zero-order valence-electron chi connectivity index (χ0n) is 13.8. The second-order valence-electron chi connectivity index (χ2n) is 5.55. The Morgan fingerprint density at radius 1 is 1.00 bits per heavy atom. The van der Waals surface area contributed by atoms with E-state index in [1.165, 1.54) is 5.56 Å². The van der Waals surface area contributed by atoms with E-state index < -0.39 is 25.7 Å². The minimum atomic E-state index is -4.43. The fourth-order valence-corrected chi connectivity index (χ4v) is 4.65. The molecule has 0 aliphatic rings. The number of hydrogen-bond donors (Lipinski definition) is 1. The summed E-state index contributed by atoms with van der Waals surface area (Å²) in [7, 11) is -2.39. The third-order valence-corrected chi connectivity index (χ3v) is 6.99. The second-order valence-corrected chi connectivity index (χ2v) is 8.67. The van der Waals surface area contributed by atoms with Gasteiger partial charge in [-0.2, -0.15) is 0 Å². The number of hydrogen-bond acceptors (Lipinski definition) is 4. The topological polar surface area (TPSA) is 66.8 Å². The molecule has 0 spiro atoms. The normalized spacial score (nSPS) is 14.5. The van der Waals surface area contributed by atoms with Crippen LogP contribution in [0.2, 0.25) is 0 Å². The van der Waals surface area contributed by atoms with Crippen molar-refractivity contribution in [3.05, 3.63) is 65.7 Å². The van der Waals surface area contributed by atoms with Crippen molar-refractivity contribution < 1.29 is 16.2 Å². The number of rotatable bonds is 7. The zero-order chi connectivity index (χ0) is 17.7. The molecule has 0 heterocycles. The molecular formula is C17H21NO4SSe. The SMILES string of the molecule is C[C@H](c1ccccc1)N(C)[C@@H](C)c1ccccc1[Se]OS(=O)(=O)O. The Morgan fingerprint density at radius 2 is 1.58 bits per heavy atom. The molecule has 2 aromatic rings. The predicted octanol–water partition coefficient (Wildman–Crippen LogP) is 2.50. The monoisotopic (exact) mass is 415 g/mol. The summed E-state index contributed by atoms with van der Waals surface area (Å²) in [4.78, 5) is 2.22. The van der Waals surface area contributed by atoms with Gasteiger partial charge in [0.1, 0.15) is 0 Å². The fraction of sp³-hybridized carbons (Fsp3) is 0.294. The molecule has 0 radical (unpaired) electrons. The van der Waals surface area contributed by atoms with E-state index in [2.05, 4.69) is 34.1 Å². The molecule has 0 aliphatic heterocycles. The molecule has 24 heavy (non-hydrogen) atoms. The van der Waals surface area contributed by atoms with E-state index in [0.29, 0.717) is 0 Å². The quantitative estimate of drug-likeness (QED) is 0.557. The molecule has 0 saturated heterocycles. The molecule has 0 aliphatic carbocycles. The molecule has 1 N–H and O–H groups in total. The van der Waals surface area contributed by atoms with Gasteiger partial charge in [-0.25, -0.2) is 0 Å². The summed E-state index contributed by atoms with van der Waals surface area (Å²) in [6, 6.07) is 18.0. The van der Waals surface area contributed by atoms with Crippen LogP contribution in [-0.4, -0.2) is 40.2 Å². The Morgan fingerprint density at radius 3 is 2.21 bits per heavy atom. The van der Waals surface area contributed by atoms with Crippen molar-refractivity contribution in [2.75, 3.05) is 7.05 Å². The van der Waals surface area contributed by atoms with Gasteiger partial charge in [0.2, 0.25) is 0 Å². The van der Waals surface area contributed by atoms with Gasteiger partial charge >= 0.3 is 150 Å². The molecule has 0 unspecified atom stereocenters. The number of benzene rings is 2. The standard InChI is InChI=1S/C17H21NO4SSe/c1-13(15-9-5-4-6-10-15)18(3)14(2)16-11-7-8-12-17(16)24-22-23(19,20)21/h4-14H,1-3H3,(H,19,20,21)/t13-,14+/m1/s1. The number of nitrogens with zero attached hydrogens (tertiary/aromatic N) is 1. The van der Waals surface area contributed by atoms with E-state index in [9.17, 15) is 8.42 Å². The van der Waals surface area contributed by atoms with Gasteiger partial charge in [0.15, 0.2) is 0 Å². The molecule has 2 atom stereocenters. The van der Waals surface area contributed by atoms with Crippen molar-refractivity contribution in [3.8, 4) is 0 Å². The molecule has 7 heteroatoms. The third kappa shape index (κ3) is 5.14. The van der Waals surface area contributed by atoms with Gasteiger partial charge in [-0.15, -0.1) is 0 Å². The molecule has 0 amide bonds. The molecule has 2 aromatic carbocycles. The summed E-state index contributed by atoms with van der Waals surface area (Å²) < 4.78 is 35.9. The Bertz CT molecular complexity index is 767. The first kappa shape index (κ1) is 19.1. The molecule has 0 fully saturated rings. The average molecular weight is 414 g/mol. The fourth-order valence-electron chi connectivity index (χ4n) is 2.50. The van der Waals surface area contributed by atoms with Crippen molar-refractivity contribution in [2.24, 2.45) is 0 Å². The van der Waals surface area contributed by atoms with Crippen LogP contribution in [0.4, 0.5) is 0 Å². The van der Waals surface area contributed by atoms with Gasteiger partial charge in [0.25, 0.3) is 0 Å². The average Bonchev–Trinajstić information content (AvgIpc) is 2.58. The van der Waals surface area contributed by atoms with E-state index in [-0.39, 0.29) is 12.1 Å². The van der Waals surface area contributed by atoms with Crippen molar-refractivity contribution in [2.45, 2.75) is 25.9 Å². The third-order valence-electron chi connectivity index (χ3n) is 4.08. The van der Waals surface area contributed by atoms with Gasteiger partial charge in [-0.3, -0.25) is 0 Å². The van der Waals surface area contributed by atoms with Gasteiger partial charge in [0, 0.05) is 0 Å². The Balaban J connectivity index is 2.21. The first-order valence-corrected chi connectivity index (χ1v) is 10.4. The van der Waals surface area contributed by atoms with Crippen molar-refractivity contribution in [1.29, 1.82) is 0 Å². The maximum absolute atomic E-state index is 10.9. The van der Waals surface area contributed by atoms with E-state index in [0.717, 1.165) is 10.0 Å². The Labute approximate surface area is 150 Å². The van der Waals surface area contributed by atoms with Gasteiger partial charge in [0.05, 0.1) is 0 Å². The van der Waals surface area contributed by atoms with Crippen LogP contribution in [0.15, 0.2) is 54.6 Å². The Kier molecular flexibility index (Phi) is 6.57. The van der Waals surface area contributed by atoms with Crippen LogP contribution >= 0.6 is 0 Å². The predicted molar refractivity (Wildman–Crippen MR) is 95.5 cm³/mol. The van der Waals surface area contributed by atoms with E-state index in [1.807, 2.05) is 49.5 Å². The van der Waals surface area contributed by atoms with Crippen molar-refractivity contribution >= 4 is 30.1 Å². The first-order valence-electron chi connectivity index (χ1n) is 7.49. The van der Waals surface area contributed by atoms with Crippen LogP contribution in [0.3, 0.4) is 0 Å². The zero-order valence-corrected chi connectivity index (χ0v) is 16.3. The molecule has 0 aromatic heterocycles. The summed E-state index contributed by atoms with van der Waals surface area (Å²) in [6.07, 6.45) is 0.